The Labute approximate surface area is 92.4 Å². The van der Waals surface area contributed by atoms with Gasteiger partial charge < -0.3 is 8.94 Å². The van der Waals surface area contributed by atoms with Crippen molar-refractivity contribution in [1.29, 1.82) is 0 Å². The van der Waals surface area contributed by atoms with Gasteiger partial charge in [-0.05, 0) is 13.0 Å². The van der Waals surface area contributed by atoms with E-state index in [1.165, 1.54) is 0 Å². The van der Waals surface area contributed by atoms with Crippen molar-refractivity contribution >= 4 is 44.7 Å². The maximum absolute atomic E-state index is 5.41. The molecule has 0 saturated heterocycles. The van der Waals surface area contributed by atoms with Crippen LogP contribution in [-0.2, 0) is 0 Å². The Balaban J connectivity index is 2.52. The van der Waals surface area contributed by atoms with Gasteiger partial charge in [-0.1, -0.05) is 5.16 Å². The molecule has 0 bridgehead atoms. The van der Waals surface area contributed by atoms with E-state index < -0.39 is 0 Å². The van der Waals surface area contributed by atoms with Crippen LogP contribution in [0.5, 0.6) is 0 Å². The van der Waals surface area contributed by atoms with E-state index in [0.29, 0.717) is 3.90 Å². The zero-order valence-corrected chi connectivity index (χ0v) is 9.40. The molecule has 14 heavy (non-hydrogen) atoms. The molecule has 0 atom stereocenters. The van der Waals surface area contributed by atoms with Gasteiger partial charge in [0.1, 0.15) is 5.52 Å². The maximum Gasteiger partial charge on any atom is 0.258 e. The molecule has 0 fully saturated rings. The Hall–Kier alpha value is -1.11. The average Bonchev–Trinajstić information content (AvgIpc) is 2.66. The molecule has 0 spiro atoms. The molecule has 0 N–H and O–H groups in total. The number of hydrogen-bond acceptors (Lipinski definition) is 4. The summed E-state index contributed by atoms with van der Waals surface area (Å²) in [6.07, 6.45) is 0. The van der Waals surface area contributed by atoms with E-state index in [-0.39, 0.29) is 0 Å². The molecule has 3 aromatic rings. The smallest absolute Gasteiger partial charge is 0.258 e. The minimum atomic E-state index is 0.635. The van der Waals surface area contributed by atoms with Gasteiger partial charge in [-0.15, -0.1) is 0 Å². The maximum atomic E-state index is 5.41. The fraction of sp³-hybridized carbons (Fsp3) is 0.111. The van der Waals surface area contributed by atoms with Crippen LogP contribution in [0, 0.1) is 10.8 Å². The minimum Gasteiger partial charge on any atom is -0.432 e. The lowest BCUT2D eigenvalue weighted by atomic mass is 10.2. The molecule has 0 amide bonds. The fourth-order valence-electron chi connectivity index (χ4n) is 1.45. The topological polar surface area (TPSA) is 52.1 Å². The van der Waals surface area contributed by atoms with E-state index in [1.807, 2.05) is 41.6 Å². The van der Waals surface area contributed by atoms with Crippen molar-refractivity contribution in [1.82, 2.24) is 10.1 Å². The van der Waals surface area contributed by atoms with Gasteiger partial charge in [-0.25, -0.2) is 4.98 Å². The zero-order chi connectivity index (χ0) is 9.71. The van der Waals surface area contributed by atoms with E-state index in [2.05, 4.69) is 10.1 Å². The summed E-state index contributed by atoms with van der Waals surface area (Å²) in [5.74, 6) is 0. The first kappa shape index (κ1) is 8.22. The van der Waals surface area contributed by atoms with E-state index in [4.69, 9.17) is 8.94 Å². The minimum absolute atomic E-state index is 0.635. The highest BCUT2D eigenvalue weighted by atomic mass is 127. The summed E-state index contributed by atoms with van der Waals surface area (Å²) in [7, 11) is 0. The van der Waals surface area contributed by atoms with Crippen LogP contribution >= 0.6 is 22.6 Å². The van der Waals surface area contributed by atoms with Crippen LogP contribution in [0.1, 0.15) is 5.69 Å². The van der Waals surface area contributed by atoms with Crippen LogP contribution in [-0.4, -0.2) is 10.1 Å². The zero-order valence-electron chi connectivity index (χ0n) is 7.24. The lowest BCUT2D eigenvalue weighted by Gasteiger charge is -1.86. The third-order valence-corrected chi connectivity index (χ3v) is 2.60. The van der Waals surface area contributed by atoms with Gasteiger partial charge in [-0.3, -0.25) is 0 Å². The molecule has 2 aromatic heterocycles. The number of aryl methyl sites for hydroxylation is 1. The second-order valence-electron chi connectivity index (χ2n) is 3.05. The first-order valence-corrected chi connectivity index (χ1v) is 5.14. The van der Waals surface area contributed by atoms with Gasteiger partial charge in [0.25, 0.3) is 3.90 Å². The SMILES string of the molecule is Cc1noc2cc3nc(I)oc3cc12. The van der Waals surface area contributed by atoms with Gasteiger partial charge in [-0.2, -0.15) is 0 Å². The third kappa shape index (κ3) is 1.05. The Morgan fingerprint density at radius 2 is 2.14 bits per heavy atom. The molecule has 0 aliphatic rings. The summed E-state index contributed by atoms with van der Waals surface area (Å²) in [6, 6.07) is 3.75. The summed E-state index contributed by atoms with van der Waals surface area (Å²) in [6.45, 7) is 1.90. The van der Waals surface area contributed by atoms with Gasteiger partial charge in [0.05, 0.1) is 5.69 Å². The predicted molar refractivity (Wildman–Crippen MR) is 59.0 cm³/mol. The monoisotopic (exact) mass is 300 g/mol. The van der Waals surface area contributed by atoms with Gasteiger partial charge in [0, 0.05) is 34.0 Å². The highest BCUT2D eigenvalue weighted by Crippen LogP contribution is 2.25. The lowest BCUT2D eigenvalue weighted by Crippen LogP contribution is -1.71. The van der Waals surface area contributed by atoms with Crippen LogP contribution in [0.2, 0.25) is 0 Å². The largest absolute Gasteiger partial charge is 0.432 e. The van der Waals surface area contributed by atoms with Crippen molar-refractivity contribution in [2.75, 3.05) is 0 Å². The van der Waals surface area contributed by atoms with Crippen LogP contribution in [0.15, 0.2) is 21.1 Å². The van der Waals surface area contributed by atoms with Crippen molar-refractivity contribution in [3.8, 4) is 0 Å². The van der Waals surface area contributed by atoms with Crippen molar-refractivity contribution < 1.29 is 8.94 Å². The van der Waals surface area contributed by atoms with E-state index in [1.54, 1.807) is 0 Å². The van der Waals surface area contributed by atoms with Gasteiger partial charge >= 0.3 is 0 Å². The molecular formula is C9H5IN2O2. The van der Waals surface area contributed by atoms with Gasteiger partial charge in [0.2, 0.25) is 0 Å². The molecule has 4 nitrogen and oxygen atoms in total. The van der Waals surface area contributed by atoms with Crippen LogP contribution in [0.25, 0.3) is 22.1 Å². The van der Waals surface area contributed by atoms with Crippen LogP contribution in [0.3, 0.4) is 0 Å². The number of benzene rings is 1. The molecule has 0 saturated carbocycles. The summed E-state index contributed by atoms with van der Waals surface area (Å²) < 4.78 is 11.2. The fourth-order valence-corrected chi connectivity index (χ4v) is 1.95. The summed E-state index contributed by atoms with van der Waals surface area (Å²) >= 11 is 2.04. The van der Waals surface area contributed by atoms with Crippen molar-refractivity contribution in [3.63, 3.8) is 0 Å². The second kappa shape index (κ2) is 2.69. The van der Waals surface area contributed by atoms with E-state index in [9.17, 15) is 0 Å². The molecule has 70 valence electrons. The average molecular weight is 300 g/mol. The summed E-state index contributed by atoms with van der Waals surface area (Å²) in [5, 5.41) is 4.85. The summed E-state index contributed by atoms with van der Waals surface area (Å²) in [4.78, 5) is 4.20. The van der Waals surface area contributed by atoms with Crippen molar-refractivity contribution in [2.24, 2.45) is 0 Å². The number of aromatic nitrogens is 2. The molecule has 0 aliphatic carbocycles. The van der Waals surface area contributed by atoms with Gasteiger partial charge in [0.15, 0.2) is 11.2 Å². The van der Waals surface area contributed by atoms with Crippen LogP contribution in [0.4, 0.5) is 0 Å². The normalized spacial score (nSPS) is 11.6. The van der Waals surface area contributed by atoms with E-state index in [0.717, 1.165) is 27.8 Å². The second-order valence-corrected chi connectivity index (χ2v) is 3.97. The Bertz CT molecular complexity index is 625. The standard InChI is InChI=1S/C9H5IN2O2/c1-4-5-2-8-6(11-9(10)13-8)3-7(5)14-12-4/h2-3H,1H3. The molecule has 2 heterocycles. The number of rotatable bonds is 0. The van der Waals surface area contributed by atoms with Crippen LogP contribution < -0.4 is 0 Å². The predicted octanol–water partition coefficient (Wildman–Crippen LogP) is 2.88. The Morgan fingerprint density at radius 1 is 1.29 bits per heavy atom. The lowest BCUT2D eigenvalue weighted by molar-refractivity contribution is 0.450. The Kier molecular flexibility index (Phi) is 1.58. The number of halogens is 1. The third-order valence-electron chi connectivity index (χ3n) is 2.13. The first-order chi connectivity index (χ1) is 6.74. The number of nitrogens with zero attached hydrogens (tertiary/aromatic N) is 2. The molecule has 0 aliphatic heterocycles. The first-order valence-electron chi connectivity index (χ1n) is 4.06. The van der Waals surface area contributed by atoms with E-state index >= 15 is 0 Å². The highest BCUT2D eigenvalue weighted by Gasteiger charge is 2.09. The molecule has 3 rings (SSSR count). The quantitative estimate of drug-likeness (QED) is 0.599. The molecule has 5 heteroatoms. The molecule has 0 unspecified atom stereocenters. The number of hydrogen-bond donors (Lipinski definition) is 0. The Morgan fingerprint density at radius 3 is 3.00 bits per heavy atom. The number of fused-ring (bicyclic) bond motifs is 2. The van der Waals surface area contributed by atoms with Crippen molar-refractivity contribution in [3.05, 3.63) is 21.7 Å². The number of oxazole rings is 1. The highest BCUT2D eigenvalue weighted by molar-refractivity contribution is 14.1. The molecule has 1 aromatic carbocycles. The molecular weight excluding hydrogens is 295 g/mol. The summed E-state index contributed by atoms with van der Waals surface area (Å²) in [5.41, 5.74) is 3.19. The molecule has 0 radical (unpaired) electrons. The van der Waals surface area contributed by atoms with Crippen molar-refractivity contribution in [2.45, 2.75) is 6.92 Å².